The molecule has 0 aromatic heterocycles. The minimum atomic E-state index is -3.68. The summed E-state index contributed by atoms with van der Waals surface area (Å²) in [5, 5.41) is 12.0. The van der Waals surface area contributed by atoms with Crippen LogP contribution in [0.5, 0.6) is 0 Å². The van der Waals surface area contributed by atoms with Gasteiger partial charge in [-0.2, -0.15) is 17.0 Å². The first-order chi connectivity index (χ1) is 8.41. The minimum absolute atomic E-state index is 0.281. The van der Waals surface area contributed by atoms with Gasteiger partial charge in [-0.15, -0.1) is 0 Å². The third-order valence-electron chi connectivity index (χ3n) is 3.11. The van der Waals surface area contributed by atoms with Gasteiger partial charge in [0.15, 0.2) is 0 Å². The number of rotatable bonds is 6. The van der Waals surface area contributed by atoms with E-state index in [1.54, 1.807) is 7.05 Å². The Labute approximate surface area is 108 Å². The third kappa shape index (κ3) is 3.41. The molecule has 1 rings (SSSR count). The molecule has 1 fully saturated rings. The van der Waals surface area contributed by atoms with Crippen LogP contribution in [-0.4, -0.2) is 67.9 Å². The first-order valence-electron chi connectivity index (χ1n) is 6.01. The maximum absolute atomic E-state index is 12.3. The highest BCUT2D eigenvalue weighted by Gasteiger charge is 2.38. The summed E-state index contributed by atoms with van der Waals surface area (Å²) >= 11 is 0. The van der Waals surface area contributed by atoms with Gasteiger partial charge < -0.3 is 10.4 Å². The zero-order chi connectivity index (χ0) is 13.8. The van der Waals surface area contributed by atoms with Crippen LogP contribution in [0.3, 0.4) is 0 Å². The molecule has 1 aliphatic heterocycles. The lowest BCUT2D eigenvalue weighted by atomic mass is 10.1. The van der Waals surface area contributed by atoms with E-state index in [4.69, 9.17) is 5.11 Å². The van der Waals surface area contributed by atoms with Crippen molar-refractivity contribution in [2.45, 2.75) is 25.3 Å². The van der Waals surface area contributed by atoms with E-state index in [0.717, 1.165) is 10.7 Å². The molecule has 1 saturated heterocycles. The molecule has 0 spiro atoms. The Morgan fingerprint density at radius 3 is 2.72 bits per heavy atom. The van der Waals surface area contributed by atoms with Crippen molar-refractivity contribution in [2.24, 2.45) is 0 Å². The van der Waals surface area contributed by atoms with Crippen LogP contribution in [0.2, 0.25) is 0 Å². The van der Waals surface area contributed by atoms with Crippen molar-refractivity contribution in [3.63, 3.8) is 0 Å². The Morgan fingerprint density at radius 2 is 2.17 bits per heavy atom. The second kappa shape index (κ2) is 6.46. The molecule has 0 aromatic rings. The highest BCUT2D eigenvalue weighted by Crippen LogP contribution is 2.22. The molecular formula is C10H21N3O4S. The fraction of sp³-hybridized carbons (Fsp3) is 0.900. The largest absolute Gasteiger partial charge is 0.480 e. The van der Waals surface area contributed by atoms with Crippen molar-refractivity contribution in [3.8, 4) is 0 Å². The third-order valence-corrected chi connectivity index (χ3v) is 5.11. The summed E-state index contributed by atoms with van der Waals surface area (Å²) in [7, 11) is -0.473. The Hall–Kier alpha value is -0.700. The van der Waals surface area contributed by atoms with E-state index in [1.807, 2.05) is 0 Å². The average molecular weight is 279 g/mol. The summed E-state index contributed by atoms with van der Waals surface area (Å²) in [6.45, 7) is 1.13. The molecule has 1 heterocycles. The SMILES string of the molecule is CNCCN(C)S(=O)(=O)N1CCCCC1C(=O)O. The van der Waals surface area contributed by atoms with Gasteiger partial charge >= 0.3 is 5.97 Å². The van der Waals surface area contributed by atoms with Crippen LogP contribution in [0.25, 0.3) is 0 Å². The molecule has 1 aliphatic rings. The topological polar surface area (TPSA) is 90.0 Å². The number of piperidine rings is 1. The molecule has 8 heteroatoms. The quantitative estimate of drug-likeness (QED) is 0.672. The van der Waals surface area contributed by atoms with Crippen molar-refractivity contribution < 1.29 is 18.3 Å². The summed E-state index contributed by atoms with van der Waals surface area (Å²) in [6.07, 6.45) is 1.85. The number of nitrogens with one attached hydrogen (secondary N) is 1. The number of likely N-dealkylation sites (N-methyl/N-ethyl adjacent to an activating group) is 2. The Kier molecular flexibility index (Phi) is 5.51. The zero-order valence-electron chi connectivity index (χ0n) is 10.8. The smallest absolute Gasteiger partial charge is 0.322 e. The molecule has 0 bridgehead atoms. The Bertz CT molecular complexity index is 385. The normalized spacial score (nSPS) is 22.3. The lowest BCUT2D eigenvalue weighted by Crippen LogP contribution is -2.53. The second-order valence-corrected chi connectivity index (χ2v) is 6.38. The van der Waals surface area contributed by atoms with E-state index in [-0.39, 0.29) is 6.54 Å². The standard InChI is InChI=1S/C10H21N3O4S/c1-11-6-8-12(2)18(16,17)13-7-4-3-5-9(13)10(14)15/h9,11H,3-8H2,1-2H3,(H,14,15). The van der Waals surface area contributed by atoms with Gasteiger partial charge in [-0.1, -0.05) is 0 Å². The highest BCUT2D eigenvalue weighted by molar-refractivity contribution is 7.86. The Morgan fingerprint density at radius 1 is 1.50 bits per heavy atom. The number of carboxylic acid groups (broad SMARTS) is 1. The number of hydrogen-bond donors (Lipinski definition) is 2. The number of aliphatic carboxylic acids is 1. The summed E-state index contributed by atoms with van der Waals surface area (Å²) < 4.78 is 26.8. The van der Waals surface area contributed by atoms with E-state index < -0.39 is 22.2 Å². The van der Waals surface area contributed by atoms with Crippen LogP contribution in [0.15, 0.2) is 0 Å². The van der Waals surface area contributed by atoms with Crippen molar-refractivity contribution in [1.29, 1.82) is 0 Å². The van der Waals surface area contributed by atoms with E-state index in [2.05, 4.69) is 5.32 Å². The summed E-state index contributed by atoms with van der Waals surface area (Å²) in [5.41, 5.74) is 0. The molecule has 7 nitrogen and oxygen atoms in total. The maximum Gasteiger partial charge on any atom is 0.322 e. The van der Waals surface area contributed by atoms with Crippen molar-refractivity contribution >= 4 is 16.2 Å². The molecular weight excluding hydrogens is 258 g/mol. The number of nitrogens with zero attached hydrogens (tertiary/aromatic N) is 2. The van der Waals surface area contributed by atoms with Gasteiger partial charge in [0.1, 0.15) is 6.04 Å². The van der Waals surface area contributed by atoms with Gasteiger partial charge in [0.2, 0.25) is 0 Å². The second-order valence-electron chi connectivity index (χ2n) is 4.39. The molecule has 106 valence electrons. The molecule has 0 radical (unpaired) electrons. The average Bonchev–Trinajstić information content (AvgIpc) is 2.35. The van der Waals surface area contributed by atoms with E-state index in [0.29, 0.717) is 25.9 Å². The molecule has 0 amide bonds. The predicted molar refractivity (Wildman–Crippen MR) is 67.5 cm³/mol. The number of hydrogen-bond acceptors (Lipinski definition) is 4. The first-order valence-corrected chi connectivity index (χ1v) is 7.41. The van der Waals surface area contributed by atoms with Crippen molar-refractivity contribution in [3.05, 3.63) is 0 Å². The van der Waals surface area contributed by atoms with Crippen LogP contribution >= 0.6 is 0 Å². The summed E-state index contributed by atoms with van der Waals surface area (Å²) in [6, 6.07) is -0.930. The van der Waals surface area contributed by atoms with Crippen molar-refractivity contribution in [2.75, 3.05) is 33.7 Å². The fourth-order valence-electron chi connectivity index (χ4n) is 1.99. The highest BCUT2D eigenvalue weighted by atomic mass is 32.2. The monoisotopic (exact) mass is 279 g/mol. The zero-order valence-corrected chi connectivity index (χ0v) is 11.6. The lowest BCUT2D eigenvalue weighted by Gasteiger charge is -2.34. The van der Waals surface area contributed by atoms with Gasteiger partial charge in [0.25, 0.3) is 10.2 Å². The summed E-state index contributed by atoms with van der Waals surface area (Å²) in [5.74, 6) is -1.07. The van der Waals surface area contributed by atoms with Crippen molar-refractivity contribution in [1.82, 2.24) is 13.9 Å². The van der Waals surface area contributed by atoms with Gasteiger partial charge in [-0.3, -0.25) is 4.79 Å². The molecule has 1 unspecified atom stereocenters. The van der Waals surface area contributed by atoms with Crippen LogP contribution in [0.4, 0.5) is 0 Å². The lowest BCUT2D eigenvalue weighted by molar-refractivity contribution is -0.142. The van der Waals surface area contributed by atoms with Crippen LogP contribution in [0.1, 0.15) is 19.3 Å². The van der Waals surface area contributed by atoms with Gasteiger partial charge in [-0.25, -0.2) is 0 Å². The van der Waals surface area contributed by atoms with Crippen LogP contribution in [-0.2, 0) is 15.0 Å². The molecule has 1 atom stereocenters. The molecule has 2 N–H and O–H groups in total. The fourth-order valence-corrected chi connectivity index (χ4v) is 3.55. The minimum Gasteiger partial charge on any atom is -0.480 e. The predicted octanol–water partition coefficient (Wildman–Crippen LogP) is -0.678. The molecule has 18 heavy (non-hydrogen) atoms. The molecule has 0 aromatic carbocycles. The van der Waals surface area contributed by atoms with Gasteiger partial charge in [0, 0.05) is 26.7 Å². The number of carboxylic acids is 1. The van der Waals surface area contributed by atoms with E-state index in [1.165, 1.54) is 11.4 Å². The van der Waals surface area contributed by atoms with Crippen LogP contribution < -0.4 is 5.32 Å². The molecule has 0 aliphatic carbocycles. The van der Waals surface area contributed by atoms with Gasteiger partial charge in [-0.05, 0) is 26.3 Å². The first kappa shape index (κ1) is 15.4. The molecule has 0 saturated carbocycles. The van der Waals surface area contributed by atoms with Gasteiger partial charge in [0.05, 0.1) is 0 Å². The maximum atomic E-state index is 12.3. The summed E-state index contributed by atoms with van der Waals surface area (Å²) in [4.78, 5) is 11.1. The van der Waals surface area contributed by atoms with E-state index in [9.17, 15) is 13.2 Å². The van der Waals surface area contributed by atoms with Crippen LogP contribution in [0, 0.1) is 0 Å². The number of carbonyl (C=O) groups is 1. The Balaban J connectivity index is 2.83. The van der Waals surface area contributed by atoms with E-state index >= 15 is 0 Å².